The van der Waals surface area contributed by atoms with Crippen molar-refractivity contribution in [2.75, 3.05) is 13.7 Å². The van der Waals surface area contributed by atoms with Gasteiger partial charge in [-0.15, -0.1) is 0 Å². The number of benzene rings is 2. The Morgan fingerprint density at radius 2 is 1.46 bits per heavy atom. The van der Waals surface area contributed by atoms with E-state index >= 15 is 0 Å². The predicted molar refractivity (Wildman–Crippen MR) is 198 cm³/mol. The van der Waals surface area contributed by atoms with Gasteiger partial charge in [0.25, 0.3) is 0 Å². The first kappa shape index (κ1) is 39.9. The van der Waals surface area contributed by atoms with Crippen LogP contribution in [0.4, 0.5) is 0 Å². The summed E-state index contributed by atoms with van der Waals surface area (Å²) >= 11 is 0. The molecule has 2 aromatic rings. The second kappa shape index (κ2) is 18.2. The molecule has 2 aromatic carbocycles. The van der Waals surface area contributed by atoms with E-state index in [1.807, 2.05) is 75.4 Å². The maximum Gasteiger partial charge on any atom is 0.328 e. The van der Waals surface area contributed by atoms with Crippen LogP contribution in [0, 0.1) is 11.8 Å². The molecule has 0 saturated carbocycles. The van der Waals surface area contributed by atoms with E-state index in [0.29, 0.717) is 25.7 Å². The zero-order chi connectivity index (χ0) is 38.9. The van der Waals surface area contributed by atoms with Gasteiger partial charge in [0.05, 0.1) is 7.11 Å². The molecule has 14 nitrogen and oxygen atoms in total. The first-order chi connectivity index (χ1) is 25.8. The van der Waals surface area contributed by atoms with Gasteiger partial charge >= 0.3 is 5.97 Å². The first-order valence-corrected chi connectivity index (χ1v) is 18.8. The highest BCUT2D eigenvalue weighted by molar-refractivity contribution is 5.97. The summed E-state index contributed by atoms with van der Waals surface area (Å²) in [6.45, 7) is 5.95. The number of carbonyl (C=O) groups is 7. The summed E-state index contributed by atoms with van der Waals surface area (Å²) in [7, 11) is 1.24. The van der Waals surface area contributed by atoms with Gasteiger partial charge in [-0.25, -0.2) is 4.79 Å². The van der Waals surface area contributed by atoms with E-state index in [4.69, 9.17) is 4.74 Å². The molecule has 5 N–H and O–H groups in total. The smallest absolute Gasteiger partial charge is 0.328 e. The van der Waals surface area contributed by atoms with Gasteiger partial charge in [0.2, 0.25) is 35.4 Å². The lowest BCUT2D eigenvalue weighted by Gasteiger charge is -2.33. The Labute approximate surface area is 315 Å². The summed E-state index contributed by atoms with van der Waals surface area (Å²) in [4.78, 5) is 96.2. The molecule has 0 unspecified atom stereocenters. The lowest BCUT2D eigenvalue weighted by atomic mass is 9.91. The molecule has 0 spiro atoms. The van der Waals surface area contributed by atoms with Gasteiger partial charge < -0.3 is 36.2 Å². The molecular formula is C40H52N6O8. The SMILES string of the molecule is COC(=O)[C@@H]1Cc2ccc(cc2)C[C@H](C)[C@H](NC(=O)[C@@H]2CCC(=O)N2)C(=O)N2CCC[C@H]2C(=O)N[C@@H](CC(C)C)C(=O)N[C@@H](Cc2ccccc2)C(=O)N1. The molecule has 0 aliphatic carbocycles. The fourth-order valence-corrected chi connectivity index (χ4v) is 7.44. The number of carbonyl (C=O) groups excluding carboxylic acids is 7. The monoisotopic (exact) mass is 744 g/mol. The topological polar surface area (TPSA) is 192 Å². The summed E-state index contributed by atoms with van der Waals surface area (Å²) < 4.78 is 5.05. The fourth-order valence-electron chi connectivity index (χ4n) is 7.44. The summed E-state index contributed by atoms with van der Waals surface area (Å²) in [5.41, 5.74) is 2.37. The first-order valence-electron chi connectivity index (χ1n) is 18.8. The molecule has 290 valence electrons. The van der Waals surface area contributed by atoms with Crippen molar-refractivity contribution in [3.05, 3.63) is 71.3 Å². The van der Waals surface area contributed by atoms with Crippen LogP contribution in [0.2, 0.25) is 0 Å². The number of methoxy groups -OCH3 is 1. The van der Waals surface area contributed by atoms with Crippen LogP contribution in [0.15, 0.2) is 54.6 Å². The van der Waals surface area contributed by atoms with Gasteiger partial charge in [-0.05, 0) is 60.6 Å². The van der Waals surface area contributed by atoms with E-state index in [2.05, 4.69) is 26.6 Å². The van der Waals surface area contributed by atoms with Crippen LogP contribution in [0.1, 0.15) is 69.6 Å². The molecule has 6 amide bonds. The van der Waals surface area contributed by atoms with Crippen LogP contribution in [-0.4, -0.2) is 96.2 Å². The molecule has 54 heavy (non-hydrogen) atoms. The maximum atomic E-state index is 14.4. The maximum absolute atomic E-state index is 14.4. The normalized spacial score (nSPS) is 27.0. The van der Waals surface area contributed by atoms with E-state index in [1.165, 1.54) is 12.0 Å². The third kappa shape index (κ3) is 10.2. The molecule has 2 saturated heterocycles. The van der Waals surface area contributed by atoms with Crippen molar-refractivity contribution in [2.45, 2.75) is 108 Å². The highest BCUT2D eigenvalue weighted by Gasteiger charge is 2.42. The quantitative estimate of drug-likeness (QED) is 0.206. The van der Waals surface area contributed by atoms with Crippen LogP contribution in [0.5, 0.6) is 0 Å². The van der Waals surface area contributed by atoms with Crippen molar-refractivity contribution in [1.82, 2.24) is 31.5 Å². The number of rotatable bonds is 7. The van der Waals surface area contributed by atoms with Crippen LogP contribution in [0.3, 0.4) is 0 Å². The molecule has 4 aliphatic heterocycles. The summed E-state index contributed by atoms with van der Waals surface area (Å²) in [5, 5.41) is 14.1. The van der Waals surface area contributed by atoms with Gasteiger partial charge in [-0.3, -0.25) is 28.8 Å². The number of hydrogen-bond donors (Lipinski definition) is 5. The minimum absolute atomic E-state index is 0.0272. The highest BCUT2D eigenvalue weighted by Crippen LogP contribution is 2.24. The van der Waals surface area contributed by atoms with Gasteiger partial charge in [-0.1, -0.05) is 75.4 Å². The standard InChI is InChI=1S/C40H52N6O8/c1-23(2)19-29-36(49)42-30(21-25-9-6-5-7-10-25)37(50)44-31(40(53)54-4)22-27-14-12-26(13-15-27)20-24(3)34(45-35(48)28-16-17-33(47)41-28)39(52)46-18-8-11-32(46)38(51)43-29/h5-7,9-10,12-15,23-24,28-32,34H,8,11,16-22H2,1-4H3,(H,41,47)(H,42,49)(H,43,51)(H,44,50)(H,45,48)/t24-,28-,29-,30-,31-,32-,34-/m0/s1. The average molecular weight is 745 g/mol. The van der Waals surface area contributed by atoms with E-state index in [-0.39, 0.29) is 44.1 Å². The van der Waals surface area contributed by atoms with E-state index in [1.54, 1.807) is 0 Å². The van der Waals surface area contributed by atoms with Crippen LogP contribution < -0.4 is 26.6 Å². The van der Waals surface area contributed by atoms with Crippen molar-refractivity contribution in [2.24, 2.45) is 11.8 Å². The molecule has 0 radical (unpaired) electrons. The molecule has 2 bridgehead atoms. The molecule has 14 heteroatoms. The Morgan fingerprint density at radius 3 is 2.09 bits per heavy atom. The third-order valence-corrected chi connectivity index (χ3v) is 10.4. The van der Waals surface area contributed by atoms with Gasteiger partial charge in [0, 0.05) is 25.8 Å². The third-order valence-electron chi connectivity index (χ3n) is 10.4. The minimum Gasteiger partial charge on any atom is -0.467 e. The summed E-state index contributed by atoms with van der Waals surface area (Å²) in [6, 6.07) is 10.6. The van der Waals surface area contributed by atoms with E-state index < -0.39 is 77.7 Å². The van der Waals surface area contributed by atoms with Crippen molar-refractivity contribution in [3.8, 4) is 0 Å². The molecule has 4 aliphatic rings. The van der Waals surface area contributed by atoms with Crippen LogP contribution >= 0.6 is 0 Å². The molecule has 4 heterocycles. The zero-order valence-corrected chi connectivity index (χ0v) is 31.4. The fraction of sp³-hybridized carbons (Fsp3) is 0.525. The van der Waals surface area contributed by atoms with Crippen molar-refractivity contribution in [1.29, 1.82) is 0 Å². The average Bonchev–Trinajstić information content (AvgIpc) is 3.82. The van der Waals surface area contributed by atoms with Crippen molar-refractivity contribution < 1.29 is 38.3 Å². The van der Waals surface area contributed by atoms with Crippen LogP contribution in [0.25, 0.3) is 0 Å². The van der Waals surface area contributed by atoms with Gasteiger partial charge in [-0.2, -0.15) is 0 Å². The number of amides is 6. The summed E-state index contributed by atoms with van der Waals surface area (Å²) in [5.74, 6) is -3.92. The Bertz CT molecular complexity index is 1700. The Morgan fingerprint density at radius 1 is 0.815 bits per heavy atom. The minimum atomic E-state index is -1.10. The van der Waals surface area contributed by atoms with Gasteiger partial charge in [0.15, 0.2) is 0 Å². The van der Waals surface area contributed by atoms with E-state index in [9.17, 15) is 33.6 Å². The number of nitrogens with zero attached hydrogens (tertiary/aromatic N) is 1. The largest absolute Gasteiger partial charge is 0.467 e. The molecule has 2 fully saturated rings. The lowest BCUT2D eigenvalue weighted by molar-refractivity contribution is -0.145. The number of fused-ring (bicyclic) bond motifs is 14. The molecular weight excluding hydrogens is 692 g/mol. The second-order valence-electron chi connectivity index (χ2n) is 15.1. The van der Waals surface area contributed by atoms with Crippen LogP contribution in [-0.2, 0) is 57.6 Å². The van der Waals surface area contributed by atoms with Crippen molar-refractivity contribution >= 4 is 41.4 Å². The Kier molecular flexibility index (Phi) is 13.4. The molecule has 7 atom stereocenters. The van der Waals surface area contributed by atoms with Gasteiger partial charge in [0.1, 0.15) is 36.3 Å². The number of ether oxygens (including phenoxy) is 1. The second-order valence-corrected chi connectivity index (χ2v) is 15.1. The number of esters is 1. The number of nitrogens with one attached hydrogen (secondary N) is 5. The highest BCUT2D eigenvalue weighted by atomic mass is 16.5. The zero-order valence-electron chi connectivity index (χ0n) is 31.4. The Balaban J connectivity index is 1.51. The lowest BCUT2D eigenvalue weighted by Crippen LogP contribution is -2.60. The van der Waals surface area contributed by atoms with Crippen molar-refractivity contribution in [3.63, 3.8) is 0 Å². The Hall–Kier alpha value is -5.27. The van der Waals surface area contributed by atoms with E-state index in [0.717, 1.165) is 16.7 Å². The summed E-state index contributed by atoms with van der Waals surface area (Å²) in [6.07, 6.45) is 2.28. The predicted octanol–water partition coefficient (Wildman–Crippen LogP) is 1.09. The molecule has 6 rings (SSSR count). The molecule has 0 aromatic heterocycles. The number of hydrogen-bond acceptors (Lipinski definition) is 8.